The van der Waals surface area contributed by atoms with Gasteiger partial charge in [-0.05, 0) is 18.9 Å². The molecule has 7 heteroatoms. The number of aromatic nitrogens is 2. The lowest BCUT2D eigenvalue weighted by molar-refractivity contribution is -0.136. The third-order valence-electron chi connectivity index (χ3n) is 4.87. The lowest BCUT2D eigenvalue weighted by Crippen LogP contribution is -2.40. The molecule has 0 saturated carbocycles. The van der Waals surface area contributed by atoms with Crippen molar-refractivity contribution in [2.45, 2.75) is 18.8 Å². The average molecular weight is 372 g/mol. The SMILES string of the molecule is COCC(=O)N1CCC(c2nc(N(C)C)ncc2-c2ccccc2F)CC1. The van der Waals surface area contributed by atoms with Crippen LogP contribution in [0.5, 0.6) is 0 Å². The molecule has 1 aromatic heterocycles. The summed E-state index contributed by atoms with van der Waals surface area (Å²) in [5.74, 6) is 0.463. The van der Waals surface area contributed by atoms with Gasteiger partial charge in [0.2, 0.25) is 11.9 Å². The van der Waals surface area contributed by atoms with Gasteiger partial charge in [-0.15, -0.1) is 0 Å². The summed E-state index contributed by atoms with van der Waals surface area (Å²) in [6.07, 6.45) is 3.26. The van der Waals surface area contributed by atoms with E-state index >= 15 is 0 Å². The van der Waals surface area contributed by atoms with E-state index in [2.05, 4.69) is 4.98 Å². The van der Waals surface area contributed by atoms with Gasteiger partial charge in [0, 0.05) is 57.5 Å². The van der Waals surface area contributed by atoms with Crippen LogP contribution in [0.25, 0.3) is 11.1 Å². The minimum absolute atomic E-state index is 0.00180. The Balaban J connectivity index is 1.91. The molecule has 0 unspecified atom stereocenters. The lowest BCUT2D eigenvalue weighted by atomic mass is 9.88. The van der Waals surface area contributed by atoms with Gasteiger partial charge in [-0.2, -0.15) is 0 Å². The van der Waals surface area contributed by atoms with Gasteiger partial charge in [-0.1, -0.05) is 18.2 Å². The van der Waals surface area contributed by atoms with E-state index in [9.17, 15) is 9.18 Å². The van der Waals surface area contributed by atoms with Crippen LogP contribution in [0.15, 0.2) is 30.5 Å². The number of carbonyl (C=O) groups excluding carboxylic acids is 1. The Morgan fingerprint density at radius 3 is 2.59 bits per heavy atom. The molecule has 1 aromatic carbocycles. The third-order valence-corrected chi connectivity index (χ3v) is 4.87. The molecule has 2 heterocycles. The predicted octanol–water partition coefficient (Wildman–Crippen LogP) is 2.70. The quantitative estimate of drug-likeness (QED) is 0.808. The number of amides is 1. The van der Waals surface area contributed by atoms with Crippen molar-refractivity contribution in [3.63, 3.8) is 0 Å². The van der Waals surface area contributed by atoms with Gasteiger partial charge in [0.25, 0.3) is 0 Å². The first kappa shape index (κ1) is 19.2. The summed E-state index contributed by atoms with van der Waals surface area (Å²) in [6, 6.07) is 6.69. The van der Waals surface area contributed by atoms with Crippen LogP contribution >= 0.6 is 0 Å². The number of likely N-dealkylation sites (tertiary alicyclic amines) is 1. The van der Waals surface area contributed by atoms with Crippen LogP contribution in [-0.4, -0.2) is 61.7 Å². The number of nitrogens with zero attached hydrogens (tertiary/aromatic N) is 4. The Bertz CT molecular complexity index is 804. The Hall–Kier alpha value is -2.54. The number of hydrogen-bond donors (Lipinski definition) is 0. The molecule has 0 aliphatic carbocycles. The molecule has 1 aliphatic rings. The van der Waals surface area contributed by atoms with Crippen LogP contribution in [0.3, 0.4) is 0 Å². The largest absolute Gasteiger partial charge is 0.375 e. The fourth-order valence-corrected chi connectivity index (χ4v) is 3.42. The van der Waals surface area contributed by atoms with Crippen molar-refractivity contribution in [2.24, 2.45) is 0 Å². The molecule has 144 valence electrons. The van der Waals surface area contributed by atoms with Crippen molar-refractivity contribution < 1.29 is 13.9 Å². The third kappa shape index (κ3) is 4.24. The van der Waals surface area contributed by atoms with Gasteiger partial charge in [-0.25, -0.2) is 14.4 Å². The summed E-state index contributed by atoms with van der Waals surface area (Å²) in [5.41, 5.74) is 2.08. The van der Waals surface area contributed by atoms with E-state index in [1.807, 2.05) is 30.0 Å². The maximum absolute atomic E-state index is 14.4. The number of methoxy groups -OCH3 is 1. The van der Waals surface area contributed by atoms with Crippen molar-refractivity contribution in [3.05, 3.63) is 42.0 Å². The molecule has 1 amide bonds. The molecule has 27 heavy (non-hydrogen) atoms. The zero-order chi connectivity index (χ0) is 19.4. The number of carbonyl (C=O) groups is 1. The van der Waals surface area contributed by atoms with Crippen molar-refractivity contribution in [1.29, 1.82) is 0 Å². The van der Waals surface area contributed by atoms with Gasteiger partial charge < -0.3 is 14.5 Å². The fraction of sp³-hybridized carbons (Fsp3) is 0.450. The van der Waals surface area contributed by atoms with Gasteiger partial charge in [0.1, 0.15) is 12.4 Å². The maximum Gasteiger partial charge on any atom is 0.248 e. The molecule has 1 saturated heterocycles. The number of rotatable bonds is 5. The minimum Gasteiger partial charge on any atom is -0.375 e. The van der Waals surface area contributed by atoms with Crippen LogP contribution in [-0.2, 0) is 9.53 Å². The fourth-order valence-electron chi connectivity index (χ4n) is 3.42. The Kier molecular flexibility index (Phi) is 6.01. The van der Waals surface area contributed by atoms with E-state index in [1.165, 1.54) is 13.2 Å². The van der Waals surface area contributed by atoms with Gasteiger partial charge >= 0.3 is 0 Å². The highest BCUT2D eigenvalue weighted by molar-refractivity contribution is 5.77. The van der Waals surface area contributed by atoms with Crippen molar-refractivity contribution in [3.8, 4) is 11.1 Å². The predicted molar refractivity (Wildman–Crippen MR) is 102 cm³/mol. The van der Waals surface area contributed by atoms with Crippen LogP contribution in [0.1, 0.15) is 24.5 Å². The summed E-state index contributed by atoms with van der Waals surface area (Å²) >= 11 is 0. The molecule has 0 spiro atoms. The first-order valence-corrected chi connectivity index (χ1v) is 9.07. The molecule has 0 N–H and O–H groups in total. The summed E-state index contributed by atoms with van der Waals surface area (Å²) in [5, 5.41) is 0. The van der Waals surface area contributed by atoms with E-state index in [0.29, 0.717) is 24.6 Å². The second-order valence-electron chi connectivity index (χ2n) is 6.93. The second-order valence-corrected chi connectivity index (χ2v) is 6.93. The summed E-state index contributed by atoms with van der Waals surface area (Å²) in [6.45, 7) is 1.39. The smallest absolute Gasteiger partial charge is 0.248 e. The molecule has 0 atom stereocenters. The van der Waals surface area contributed by atoms with Crippen LogP contribution in [0.2, 0.25) is 0 Å². The van der Waals surface area contributed by atoms with Gasteiger partial charge in [0.15, 0.2) is 0 Å². The number of benzene rings is 1. The lowest BCUT2D eigenvalue weighted by Gasteiger charge is -2.32. The zero-order valence-corrected chi connectivity index (χ0v) is 16.0. The number of halogens is 1. The molecule has 0 radical (unpaired) electrons. The molecule has 1 aliphatic heterocycles. The molecule has 2 aromatic rings. The van der Waals surface area contributed by atoms with E-state index in [-0.39, 0.29) is 24.2 Å². The van der Waals surface area contributed by atoms with Crippen molar-refractivity contribution >= 4 is 11.9 Å². The average Bonchev–Trinajstić information content (AvgIpc) is 2.68. The van der Waals surface area contributed by atoms with E-state index < -0.39 is 0 Å². The number of ether oxygens (including phenoxy) is 1. The molecule has 0 bridgehead atoms. The van der Waals surface area contributed by atoms with Crippen LogP contribution in [0.4, 0.5) is 10.3 Å². The van der Waals surface area contributed by atoms with Crippen molar-refractivity contribution in [2.75, 3.05) is 45.8 Å². The van der Waals surface area contributed by atoms with Crippen LogP contribution < -0.4 is 4.90 Å². The first-order valence-electron chi connectivity index (χ1n) is 9.07. The minimum atomic E-state index is -0.285. The highest BCUT2D eigenvalue weighted by atomic mass is 19.1. The molecular weight excluding hydrogens is 347 g/mol. The zero-order valence-electron chi connectivity index (χ0n) is 16.0. The van der Waals surface area contributed by atoms with Gasteiger partial charge in [0.05, 0.1) is 5.69 Å². The highest BCUT2D eigenvalue weighted by Gasteiger charge is 2.27. The Morgan fingerprint density at radius 2 is 1.96 bits per heavy atom. The molecule has 1 fully saturated rings. The number of piperidine rings is 1. The van der Waals surface area contributed by atoms with Crippen molar-refractivity contribution in [1.82, 2.24) is 14.9 Å². The second kappa shape index (κ2) is 8.43. The molecule has 6 nitrogen and oxygen atoms in total. The number of anilines is 1. The highest BCUT2D eigenvalue weighted by Crippen LogP contribution is 2.35. The monoisotopic (exact) mass is 372 g/mol. The normalized spacial score (nSPS) is 15.0. The Morgan fingerprint density at radius 1 is 1.26 bits per heavy atom. The van der Waals surface area contributed by atoms with E-state index in [4.69, 9.17) is 9.72 Å². The number of hydrogen-bond acceptors (Lipinski definition) is 5. The summed E-state index contributed by atoms with van der Waals surface area (Å²) in [7, 11) is 5.29. The van der Waals surface area contributed by atoms with E-state index in [0.717, 1.165) is 24.1 Å². The summed E-state index contributed by atoms with van der Waals surface area (Å²) < 4.78 is 19.3. The van der Waals surface area contributed by atoms with Gasteiger partial charge in [-0.3, -0.25) is 4.79 Å². The molecule has 3 rings (SSSR count). The Labute approximate surface area is 159 Å². The first-order chi connectivity index (χ1) is 13.0. The maximum atomic E-state index is 14.4. The van der Waals surface area contributed by atoms with Crippen LogP contribution in [0, 0.1) is 5.82 Å². The molecular formula is C20H25FN4O2. The standard InChI is InChI=1S/C20H25FN4O2/c1-24(2)20-22-12-16(15-6-4-5-7-17(15)21)19(23-20)14-8-10-25(11-9-14)18(26)13-27-3/h4-7,12,14H,8-11,13H2,1-3H3. The van der Waals surface area contributed by atoms with E-state index in [1.54, 1.807) is 18.3 Å². The topological polar surface area (TPSA) is 58.6 Å². The summed E-state index contributed by atoms with van der Waals surface area (Å²) in [4.78, 5) is 24.8.